The van der Waals surface area contributed by atoms with Crippen molar-refractivity contribution in [1.29, 1.82) is 0 Å². The van der Waals surface area contributed by atoms with Crippen molar-refractivity contribution in [2.45, 2.75) is 38.6 Å². The molecule has 0 radical (unpaired) electrons. The van der Waals surface area contributed by atoms with Crippen LogP contribution in [-0.2, 0) is 11.3 Å². The number of carboxylic acids is 1. The summed E-state index contributed by atoms with van der Waals surface area (Å²) in [6, 6.07) is 1.31. The fraction of sp³-hybridized carbons (Fsp3) is 0.545. The van der Waals surface area contributed by atoms with Crippen LogP contribution in [0.5, 0.6) is 0 Å². The molecule has 0 aliphatic carbocycles. The molecule has 2 N–H and O–H groups in total. The molecule has 0 aromatic carbocycles. The second-order valence-corrected chi connectivity index (χ2v) is 3.86. The minimum absolute atomic E-state index is 0.193. The molecule has 6 nitrogen and oxygen atoms in total. The predicted molar refractivity (Wildman–Crippen MR) is 62.0 cm³/mol. The SMILES string of the molecule is O=C(O)CCCCCCn1ccc(=O)[nH]c1=O. The van der Waals surface area contributed by atoms with Crippen molar-refractivity contribution < 1.29 is 9.90 Å². The van der Waals surface area contributed by atoms with Gasteiger partial charge in [-0.3, -0.25) is 14.6 Å². The van der Waals surface area contributed by atoms with E-state index in [0.29, 0.717) is 13.0 Å². The van der Waals surface area contributed by atoms with E-state index in [2.05, 4.69) is 4.98 Å². The highest BCUT2D eigenvalue weighted by Crippen LogP contribution is 2.03. The summed E-state index contributed by atoms with van der Waals surface area (Å²) in [6.45, 7) is 0.544. The Morgan fingerprint density at radius 3 is 2.59 bits per heavy atom. The molecule has 1 rings (SSSR count). The number of aromatic nitrogens is 2. The van der Waals surface area contributed by atoms with E-state index in [-0.39, 0.29) is 6.42 Å². The predicted octanol–water partition coefficient (Wildman–Crippen LogP) is 0.572. The Hall–Kier alpha value is -1.85. The van der Waals surface area contributed by atoms with E-state index in [9.17, 15) is 14.4 Å². The van der Waals surface area contributed by atoms with E-state index in [0.717, 1.165) is 19.3 Å². The third kappa shape index (κ3) is 5.14. The molecule has 94 valence electrons. The first kappa shape index (κ1) is 13.2. The lowest BCUT2D eigenvalue weighted by Gasteiger charge is -2.03. The van der Waals surface area contributed by atoms with Gasteiger partial charge in [-0.15, -0.1) is 0 Å². The Morgan fingerprint density at radius 1 is 1.24 bits per heavy atom. The van der Waals surface area contributed by atoms with Crippen LogP contribution >= 0.6 is 0 Å². The Bertz CT molecular complexity index is 475. The van der Waals surface area contributed by atoms with Crippen LogP contribution in [0.3, 0.4) is 0 Å². The molecule has 0 fully saturated rings. The van der Waals surface area contributed by atoms with E-state index in [1.165, 1.54) is 16.8 Å². The van der Waals surface area contributed by atoms with Crippen LogP contribution in [0.15, 0.2) is 21.9 Å². The van der Waals surface area contributed by atoms with Crippen molar-refractivity contribution in [3.63, 3.8) is 0 Å². The summed E-state index contributed by atoms with van der Waals surface area (Å²) in [5.74, 6) is -0.776. The second-order valence-electron chi connectivity index (χ2n) is 3.86. The van der Waals surface area contributed by atoms with Gasteiger partial charge in [0.2, 0.25) is 0 Å². The lowest BCUT2D eigenvalue weighted by molar-refractivity contribution is -0.137. The molecule has 0 aliphatic rings. The van der Waals surface area contributed by atoms with Crippen molar-refractivity contribution >= 4 is 5.97 Å². The number of hydrogen-bond acceptors (Lipinski definition) is 3. The minimum atomic E-state index is -0.776. The highest BCUT2D eigenvalue weighted by molar-refractivity contribution is 5.66. The summed E-state index contributed by atoms with van der Waals surface area (Å²) in [5.41, 5.74) is -0.796. The van der Waals surface area contributed by atoms with Crippen LogP contribution in [0.4, 0.5) is 0 Å². The molecule has 0 aliphatic heterocycles. The van der Waals surface area contributed by atoms with Gasteiger partial charge in [0, 0.05) is 25.2 Å². The Labute approximate surface area is 97.9 Å². The third-order valence-corrected chi connectivity index (χ3v) is 2.44. The maximum Gasteiger partial charge on any atom is 0.328 e. The van der Waals surface area contributed by atoms with Gasteiger partial charge in [-0.25, -0.2) is 4.79 Å². The molecule has 0 unspecified atom stereocenters. The summed E-state index contributed by atoms with van der Waals surface area (Å²) in [4.78, 5) is 34.5. The zero-order valence-corrected chi connectivity index (χ0v) is 9.52. The van der Waals surface area contributed by atoms with Crippen molar-refractivity contribution in [3.8, 4) is 0 Å². The van der Waals surface area contributed by atoms with Gasteiger partial charge in [-0.2, -0.15) is 0 Å². The summed E-state index contributed by atoms with van der Waals surface area (Å²) >= 11 is 0. The van der Waals surface area contributed by atoms with Crippen LogP contribution in [0.2, 0.25) is 0 Å². The molecular formula is C11H16N2O4. The maximum atomic E-state index is 11.3. The molecule has 0 amide bonds. The van der Waals surface area contributed by atoms with Crippen molar-refractivity contribution in [2.24, 2.45) is 0 Å². The van der Waals surface area contributed by atoms with Gasteiger partial charge in [-0.1, -0.05) is 12.8 Å². The third-order valence-electron chi connectivity index (χ3n) is 2.44. The zero-order chi connectivity index (χ0) is 12.7. The quantitative estimate of drug-likeness (QED) is 0.681. The van der Waals surface area contributed by atoms with Crippen LogP contribution < -0.4 is 11.2 Å². The zero-order valence-electron chi connectivity index (χ0n) is 9.52. The average Bonchev–Trinajstić information content (AvgIpc) is 2.25. The number of aliphatic carboxylic acids is 1. The molecule has 0 saturated carbocycles. The first-order chi connectivity index (χ1) is 8.09. The van der Waals surface area contributed by atoms with Crippen LogP contribution in [0.25, 0.3) is 0 Å². The Morgan fingerprint density at radius 2 is 1.94 bits per heavy atom. The molecule has 0 spiro atoms. The lowest BCUT2D eigenvalue weighted by atomic mass is 10.1. The van der Waals surface area contributed by atoms with Gasteiger partial charge in [0.25, 0.3) is 5.56 Å². The number of carboxylic acid groups (broad SMARTS) is 1. The Kier molecular flexibility index (Phi) is 5.19. The number of aryl methyl sites for hydroxylation is 1. The number of H-pyrrole nitrogens is 1. The average molecular weight is 240 g/mol. The fourth-order valence-electron chi connectivity index (χ4n) is 1.53. The first-order valence-electron chi connectivity index (χ1n) is 5.61. The van der Waals surface area contributed by atoms with Crippen molar-refractivity contribution in [2.75, 3.05) is 0 Å². The summed E-state index contributed by atoms with van der Waals surface area (Å²) in [5, 5.41) is 8.43. The minimum Gasteiger partial charge on any atom is -0.481 e. The molecule has 6 heteroatoms. The molecule has 0 atom stereocenters. The summed E-state index contributed by atoms with van der Waals surface area (Å²) in [7, 11) is 0. The number of aromatic amines is 1. The molecule has 1 aromatic rings. The largest absolute Gasteiger partial charge is 0.481 e. The highest BCUT2D eigenvalue weighted by atomic mass is 16.4. The summed E-state index contributed by atoms with van der Waals surface area (Å²) in [6.07, 6.45) is 4.84. The second kappa shape index (κ2) is 6.67. The monoisotopic (exact) mass is 240 g/mol. The molecule has 1 heterocycles. The number of hydrogen-bond donors (Lipinski definition) is 2. The van der Waals surface area contributed by atoms with E-state index in [1.807, 2.05) is 0 Å². The Balaban J connectivity index is 2.25. The maximum absolute atomic E-state index is 11.3. The first-order valence-corrected chi connectivity index (χ1v) is 5.61. The number of nitrogens with one attached hydrogen (secondary N) is 1. The van der Waals surface area contributed by atoms with E-state index >= 15 is 0 Å². The van der Waals surface area contributed by atoms with E-state index in [4.69, 9.17) is 5.11 Å². The molecule has 17 heavy (non-hydrogen) atoms. The van der Waals surface area contributed by atoms with Gasteiger partial charge in [0.05, 0.1) is 0 Å². The fourth-order valence-corrected chi connectivity index (χ4v) is 1.53. The van der Waals surface area contributed by atoms with Gasteiger partial charge in [0.1, 0.15) is 0 Å². The van der Waals surface area contributed by atoms with Crippen LogP contribution in [0.1, 0.15) is 32.1 Å². The standard InChI is InChI=1S/C11H16N2O4/c14-9-6-8-13(11(17)12-9)7-4-2-1-3-5-10(15)16/h6,8H,1-5,7H2,(H,15,16)(H,12,14,17). The number of carbonyl (C=O) groups is 1. The molecule has 1 aromatic heterocycles. The summed E-state index contributed by atoms with van der Waals surface area (Å²) < 4.78 is 1.44. The van der Waals surface area contributed by atoms with Gasteiger partial charge >= 0.3 is 11.7 Å². The number of rotatable bonds is 7. The number of unbranched alkanes of at least 4 members (excludes halogenated alkanes) is 3. The van der Waals surface area contributed by atoms with Gasteiger partial charge in [0.15, 0.2) is 0 Å². The topological polar surface area (TPSA) is 92.2 Å². The molecule has 0 bridgehead atoms. The van der Waals surface area contributed by atoms with Gasteiger partial charge < -0.3 is 9.67 Å². The van der Waals surface area contributed by atoms with E-state index in [1.54, 1.807) is 0 Å². The van der Waals surface area contributed by atoms with E-state index < -0.39 is 17.2 Å². The van der Waals surface area contributed by atoms with Crippen LogP contribution in [-0.4, -0.2) is 20.6 Å². The molecular weight excluding hydrogens is 224 g/mol. The number of nitrogens with zero attached hydrogens (tertiary/aromatic N) is 1. The highest BCUT2D eigenvalue weighted by Gasteiger charge is 1.98. The lowest BCUT2D eigenvalue weighted by Crippen LogP contribution is -2.28. The normalized spacial score (nSPS) is 10.4. The van der Waals surface area contributed by atoms with Crippen LogP contribution in [0, 0.1) is 0 Å². The smallest absolute Gasteiger partial charge is 0.328 e. The molecule has 0 saturated heterocycles. The van der Waals surface area contributed by atoms with Crippen molar-refractivity contribution in [1.82, 2.24) is 9.55 Å². The van der Waals surface area contributed by atoms with Gasteiger partial charge in [-0.05, 0) is 12.8 Å². The van der Waals surface area contributed by atoms with Crippen molar-refractivity contribution in [3.05, 3.63) is 33.1 Å².